The Morgan fingerprint density at radius 2 is 2.17 bits per heavy atom. The number of carboxylic acids is 1. The van der Waals surface area contributed by atoms with E-state index in [1.165, 1.54) is 16.8 Å². The van der Waals surface area contributed by atoms with Crippen LogP contribution in [0.4, 0.5) is 4.39 Å². The normalized spacial score (nSPS) is 12.0. The number of carbonyl (C=O) groups is 2. The summed E-state index contributed by atoms with van der Waals surface area (Å²) in [6.07, 6.45) is 2.42. The molecule has 0 unspecified atom stereocenters. The lowest BCUT2D eigenvalue weighted by molar-refractivity contribution is -0.138. The molecule has 0 radical (unpaired) electrons. The van der Waals surface area contributed by atoms with Crippen molar-refractivity contribution in [1.82, 2.24) is 15.1 Å². The predicted octanol–water partition coefficient (Wildman–Crippen LogP) is 0.715. The molecular formula is C15H17FN4O3. The van der Waals surface area contributed by atoms with Gasteiger partial charge in [0.25, 0.3) is 5.91 Å². The van der Waals surface area contributed by atoms with Gasteiger partial charge in [0.2, 0.25) is 0 Å². The van der Waals surface area contributed by atoms with Crippen molar-refractivity contribution in [1.29, 1.82) is 0 Å². The molecule has 7 nitrogen and oxygen atoms in total. The number of nitrogens with two attached hydrogens (primary N) is 1. The van der Waals surface area contributed by atoms with Crippen LogP contribution < -0.4 is 11.1 Å². The van der Waals surface area contributed by atoms with Crippen LogP contribution in [0.5, 0.6) is 0 Å². The maximum Gasteiger partial charge on any atom is 0.322 e. The van der Waals surface area contributed by atoms with E-state index < -0.39 is 23.7 Å². The number of nitrogens with one attached hydrogen (secondary N) is 1. The Labute approximate surface area is 131 Å². The molecule has 8 heteroatoms. The van der Waals surface area contributed by atoms with Crippen LogP contribution in [0.25, 0.3) is 5.69 Å². The number of rotatable bonds is 6. The van der Waals surface area contributed by atoms with Crippen molar-refractivity contribution in [3.05, 3.63) is 47.5 Å². The molecule has 1 heterocycles. The molecule has 0 saturated carbocycles. The van der Waals surface area contributed by atoms with E-state index in [1.807, 2.05) is 6.92 Å². The van der Waals surface area contributed by atoms with Gasteiger partial charge in [-0.2, -0.15) is 5.10 Å². The summed E-state index contributed by atoms with van der Waals surface area (Å²) in [7, 11) is 0. The van der Waals surface area contributed by atoms with Crippen LogP contribution in [-0.2, 0) is 11.2 Å². The maximum absolute atomic E-state index is 13.7. The molecule has 0 saturated heterocycles. The zero-order chi connectivity index (χ0) is 17.0. The Hall–Kier alpha value is -2.74. The molecule has 0 bridgehead atoms. The zero-order valence-corrected chi connectivity index (χ0v) is 12.5. The molecule has 1 amide bonds. The topological polar surface area (TPSA) is 110 Å². The fourth-order valence-electron chi connectivity index (χ4n) is 1.92. The van der Waals surface area contributed by atoms with Gasteiger partial charge in [-0.1, -0.05) is 6.92 Å². The molecule has 0 aliphatic rings. The van der Waals surface area contributed by atoms with Gasteiger partial charge < -0.3 is 16.2 Å². The molecule has 0 fully saturated rings. The van der Waals surface area contributed by atoms with E-state index in [-0.39, 0.29) is 12.1 Å². The number of hydrogen-bond donors (Lipinski definition) is 3. The minimum Gasteiger partial charge on any atom is -0.480 e. The molecule has 1 aromatic carbocycles. The fourth-order valence-corrected chi connectivity index (χ4v) is 1.92. The molecule has 4 N–H and O–H groups in total. The Kier molecular flexibility index (Phi) is 5.07. The Morgan fingerprint density at radius 1 is 1.43 bits per heavy atom. The van der Waals surface area contributed by atoms with Gasteiger partial charge in [0.05, 0.1) is 11.4 Å². The number of nitrogens with zero attached hydrogens (tertiary/aromatic N) is 2. The van der Waals surface area contributed by atoms with Crippen molar-refractivity contribution >= 4 is 11.9 Å². The van der Waals surface area contributed by atoms with E-state index in [9.17, 15) is 14.0 Å². The van der Waals surface area contributed by atoms with Gasteiger partial charge in [-0.15, -0.1) is 0 Å². The van der Waals surface area contributed by atoms with E-state index >= 15 is 0 Å². The Bertz CT molecular complexity index is 729. The smallest absolute Gasteiger partial charge is 0.322 e. The first-order valence-corrected chi connectivity index (χ1v) is 7.02. The van der Waals surface area contributed by atoms with Gasteiger partial charge in [0.1, 0.15) is 11.9 Å². The molecule has 122 valence electrons. The SMILES string of the molecule is CCc1ccn(-c2cc(F)cc(C(=O)NC[C@@H](N)C(=O)O)c2)n1. The molecule has 1 aromatic heterocycles. The van der Waals surface area contributed by atoms with Crippen molar-refractivity contribution in [3.63, 3.8) is 0 Å². The van der Waals surface area contributed by atoms with E-state index in [1.54, 1.807) is 12.3 Å². The number of aromatic nitrogens is 2. The maximum atomic E-state index is 13.7. The van der Waals surface area contributed by atoms with Crippen molar-refractivity contribution in [2.75, 3.05) is 6.54 Å². The van der Waals surface area contributed by atoms with Gasteiger partial charge in [-0.25, -0.2) is 9.07 Å². The summed E-state index contributed by atoms with van der Waals surface area (Å²) in [5.41, 5.74) is 6.61. The first-order chi connectivity index (χ1) is 10.9. The quantitative estimate of drug-likeness (QED) is 0.726. The van der Waals surface area contributed by atoms with Crippen molar-refractivity contribution in [2.24, 2.45) is 5.73 Å². The van der Waals surface area contributed by atoms with Crippen LogP contribution in [0, 0.1) is 5.82 Å². The lowest BCUT2D eigenvalue weighted by Gasteiger charge is -2.10. The molecule has 2 aromatic rings. The van der Waals surface area contributed by atoms with E-state index in [2.05, 4.69) is 10.4 Å². The molecule has 23 heavy (non-hydrogen) atoms. The van der Waals surface area contributed by atoms with Crippen LogP contribution >= 0.6 is 0 Å². The van der Waals surface area contributed by atoms with E-state index in [4.69, 9.17) is 10.8 Å². The highest BCUT2D eigenvalue weighted by molar-refractivity contribution is 5.95. The average molecular weight is 320 g/mol. The summed E-state index contributed by atoms with van der Waals surface area (Å²) in [5, 5.41) is 15.3. The highest BCUT2D eigenvalue weighted by Crippen LogP contribution is 2.14. The molecule has 0 aliphatic heterocycles. The number of amides is 1. The highest BCUT2D eigenvalue weighted by Gasteiger charge is 2.15. The molecule has 0 spiro atoms. The van der Waals surface area contributed by atoms with Gasteiger partial charge in [-0.05, 0) is 30.7 Å². The van der Waals surface area contributed by atoms with Crippen molar-refractivity contribution < 1.29 is 19.1 Å². The third-order valence-corrected chi connectivity index (χ3v) is 3.22. The number of hydrogen-bond acceptors (Lipinski definition) is 4. The second kappa shape index (κ2) is 7.01. The molecule has 1 atom stereocenters. The first-order valence-electron chi connectivity index (χ1n) is 7.02. The van der Waals surface area contributed by atoms with Crippen LogP contribution in [0.3, 0.4) is 0 Å². The number of benzene rings is 1. The fraction of sp³-hybridized carbons (Fsp3) is 0.267. The Morgan fingerprint density at radius 3 is 2.78 bits per heavy atom. The van der Waals surface area contributed by atoms with Gasteiger partial charge in [0.15, 0.2) is 0 Å². The summed E-state index contributed by atoms with van der Waals surface area (Å²) in [6.45, 7) is 1.70. The largest absolute Gasteiger partial charge is 0.480 e. The van der Waals surface area contributed by atoms with Crippen molar-refractivity contribution in [2.45, 2.75) is 19.4 Å². The third kappa shape index (κ3) is 4.13. The summed E-state index contributed by atoms with van der Waals surface area (Å²) < 4.78 is 15.2. The summed E-state index contributed by atoms with van der Waals surface area (Å²) in [6, 6.07) is 4.38. The van der Waals surface area contributed by atoms with Crippen LogP contribution in [-0.4, -0.2) is 39.4 Å². The van der Waals surface area contributed by atoms with E-state index in [0.29, 0.717) is 5.69 Å². The minimum atomic E-state index is -1.23. The lowest BCUT2D eigenvalue weighted by Crippen LogP contribution is -2.42. The second-order valence-corrected chi connectivity index (χ2v) is 4.96. The molecular weight excluding hydrogens is 303 g/mol. The highest BCUT2D eigenvalue weighted by atomic mass is 19.1. The van der Waals surface area contributed by atoms with E-state index in [0.717, 1.165) is 18.2 Å². The van der Waals surface area contributed by atoms with Gasteiger partial charge >= 0.3 is 5.97 Å². The summed E-state index contributed by atoms with van der Waals surface area (Å²) in [4.78, 5) is 22.6. The first kappa shape index (κ1) is 16.6. The number of aryl methyl sites for hydroxylation is 1. The van der Waals surface area contributed by atoms with Crippen molar-refractivity contribution in [3.8, 4) is 5.69 Å². The second-order valence-electron chi connectivity index (χ2n) is 4.96. The number of carbonyl (C=O) groups excluding carboxylic acids is 1. The standard InChI is InChI=1S/C15H17FN4O3/c1-2-11-3-4-20(19-11)12-6-9(5-10(16)7-12)14(21)18-8-13(17)15(22)23/h3-7,13H,2,8,17H2,1H3,(H,18,21)(H,22,23)/t13-/m1/s1. The Balaban J connectivity index is 2.19. The van der Waals surface area contributed by atoms with Gasteiger partial charge in [-0.3, -0.25) is 9.59 Å². The average Bonchev–Trinajstić information content (AvgIpc) is 3.00. The number of halogens is 1. The number of aliphatic carboxylic acids is 1. The predicted molar refractivity (Wildman–Crippen MR) is 80.8 cm³/mol. The van der Waals surface area contributed by atoms with Crippen LogP contribution in [0.2, 0.25) is 0 Å². The lowest BCUT2D eigenvalue weighted by atomic mass is 10.1. The monoisotopic (exact) mass is 320 g/mol. The number of carboxylic acid groups (broad SMARTS) is 1. The summed E-state index contributed by atoms with van der Waals surface area (Å²) >= 11 is 0. The van der Waals surface area contributed by atoms with Crippen LogP contribution in [0.15, 0.2) is 30.5 Å². The summed E-state index contributed by atoms with van der Waals surface area (Å²) in [5.74, 6) is -2.43. The molecule has 0 aliphatic carbocycles. The third-order valence-electron chi connectivity index (χ3n) is 3.22. The minimum absolute atomic E-state index is 0.0612. The van der Waals surface area contributed by atoms with Gasteiger partial charge in [0, 0.05) is 18.3 Å². The van der Waals surface area contributed by atoms with Crippen LogP contribution in [0.1, 0.15) is 23.0 Å². The zero-order valence-electron chi connectivity index (χ0n) is 12.5. The molecule has 2 rings (SSSR count).